The summed E-state index contributed by atoms with van der Waals surface area (Å²) in [5.41, 5.74) is 3.54. The summed E-state index contributed by atoms with van der Waals surface area (Å²) in [5, 5.41) is 12.5. The molecule has 0 radical (unpaired) electrons. The van der Waals surface area contributed by atoms with Crippen molar-refractivity contribution < 1.29 is 19.0 Å². The highest BCUT2D eigenvalue weighted by molar-refractivity contribution is 7.98. The van der Waals surface area contributed by atoms with Gasteiger partial charge in [0, 0.05) is 49.4 Å². The number of para-hydroxylation sites is 1. The molecule has 2 aliphatic rings. The van der Waals surface area contributed by atoms with Crippen LogP contribution >= 0.6 is 23.1 Å². The van der Waals surface area contributed by atoms with E-state index in [1.165, 1.54) is 16.9 Å². The van der Waals surface area contributed by atoms with Gasteiger partial charge in [0.1, 0.15) is 16.5 Å². The van der Waals surface area contributed by atoms with Crippen LogP contribution < -0.4 is 14.2 Å². The number of ether oxygens (including phenoxy) is 3. The van der Waals surface area contributed by atoms with Crippen molar-refractivity contribution in [2.75, 3.05) is 40.1 Å². The Hall–Kier alpha value is -4.39. The zero-order valence-electron chi connectivity index (χ0n) is 24.1. The second-order valence-electron chi connectivity index (χ2n) is 10.4. The zero-order valence-corrected chi connectivity index (χ0v) is 25.7. The maximum atomic E-state index is 13.3. The van der Waals surface area contributed by atoms with E-state index < -0.39 is 0 Å². The van der Waals surface area contributed by atoms with E-state index in [-0.39, 0.29) is 12.7 Å². The lowest BCUT2D eigenvalue weighted by Gasteiger charge is -2.34. The van der Waals surface area contributed by atoms with Crippen LogP contribution in [0.25, 0.3) is 17.1 Å². The third-order valence-electron chi connectivity index (χ3n) is 7.57. The second-order valence-corrected chi connectivity index (χ2v) is 12.3. The van der Waals surface area contributed by atoms with Crippen molar-refractivity contribution in [1.29, 1.82) is 0 Å². The van der Waals surface area contributed by atoms with Crippen molar-refractivity contribution in [1.82, 2.24) is 29.5 Å². The van der Waals surface area contributed by atoms with Crippen molar-refractivity contribution in [2.24, 2.45) is 0 Å². The number of rotatable bonds is 9. The molecule has 1 fully saturated rings. The Balaban J connectivity index is 0.991. The van der Waals surface area contributed by atoms with Gasteiger partial charge in [-0.25, -0.2) is 4.98 Å². The number of aromatic nitrogens is 4. The maximum Gasteiger partial charge on any atom is 0.273 e. The fraction of sp³-hybridized carbons (Fsp3) is 0.250. The molecule has 0 aliphatic carbocycles. The number of carbonyl (C=O) groups excluding carboxylic acids is 1. The van der Waals surface area contributed by atoms with Gasteiger partial charge in [-0.1, -0.05) is 48.2 Å². The number of hydrogen-bond acceptors (Lipinski definition) is 10. The van der Waals surface area contributed by atoms with Gasteiger partial charge in [-0.2, -0.15) is 0 Å². The van der Waals surface area contributed by atoms with Crippen molar-refractivity contribution in [3.8, 4) is 34.3 Å². The van der Waals surface area contributed by atoms with Crippen LogP contribution in [0.4, 0.5) is 0 Å². The first kappa shape index (κ1) is 28.4. The first-order valence-electron chi connectivity index (χ1n) is 14.3. The van der Waals surface area contributed by atoms with Gasteiger partial charge in [0.2, 0.25) is 6.79 Å². The molecule has 1 saturated heterocycles. The van der Waals surface area contributed by atoms with E-state index in [1.54, 1.807) is 18.9 Å². The summed E-state index contributed by atoms with van der Waals surface area (Å²) in [6.07, 6.45) is 0. The molecule has 44 heavy (non-hydrogen) atoms. The SMILES string of the molecule is COc1cccc(-c2nnc(SCc3nc(C(=O)N4CCN(Cc5ccc6c(c5)OCO6)CC4)cs3)n2-c2ccccc2)c1. The molecule has 5 aromatic rings. The number of methoxy groups -OCH3 is 1. The molecule has 0 atom stereocenters. The highest BCUT2D eigenvalue weighted by Crippen LogP contribution is 2.34. The summed E-state index contributed by atoms with van der Waals surface area (Å²) in [7, 11) is 1.65. The molecule has 10 nitrogen and oxygen atoms in total. The van der Waals surface area contributed by atoms with E-state index in [2.05, 4.69) is 21.2 Å². The maximum absolute atomic E-state index is 13.3. The topological polar surface area (TPSA) is 94.8 Å². The summed E-state index contributed by atoms with van der Waals surface area (Å²) in [6, 6.07) is 23.9. The summed E-state index contributed by atoms with van der Waals surface area (Å²) in [6.45, 7) is 4.02. The largest absolute Gasteiger partial charge is 0.497 e. The van der Waals surface area contributed by atoms with Crippen LogP contribution in [0.1, 0.15) is 21.1 Å². The number of thiazole rings is 1. The fourth-order valence-corrected chi connectivity index (χ4v) is 7.03. The van der Waals surface area contributed by atoms with Crippen LogP contribution in [0.3, 0.4) is 0 Å². The van der Waals surface area contributed by atoms with Gasteiger partial charge in [0.25, 0.3) is 5.91 Å². The smallest absolute Gasteiger partial charge is 0.273 e. The predicted octanol–water partition coefficient (Wildman–Crippen LogP) is 5.38. The second kappa shape index (κ2) is 12.7. The number of fused-ring (bicyclic) bond motifs is 1. The quantitative estimate of drug-likeness (QED) is 0.200. The number of thioether (sulfide) groups is 1. The highest BCUT2D eigenvalue weighted by atomic mass is 32.2. The van der Waals surface area contributed by atoms with E-state index in [9.17, 15) is 4.79 Å². The minimum absolute atomic E-state index is 0.0204. The third kappa shape index (κ3) is 6.01. The van der Waals surface area contributed by atoms with E-state index in [0.29, 0.717) is 24.5 Å². The normalized spacial score (nSPS) is 14.6. The van der Waals surface area contributed by atoms with Crippen molar-refractivity contribution in [3.05, 3.63) is 94.4 Å². The molecule has 0 N–H and O–H groups in total. The van der Waals surface area contributed by atoms with Crippen LogP contribution in [-0.4, -0.2) is 75.5 Å². The molecule has 0 spiro atoms. The molecule has 2 aliphatic heterocycles. The Bertz CT molecular complexity index is 1770. The molecule has 12 heteroatoms. The standard InChI is InChI=1S/C32H30N6O4S2/c1-40-25-9-5-6-23(17-25)30-34-35-32(38(30)24-7-3-2-4-8-24)44-20-29-33-26(19-43-29)31(39)37-14-12-36(13-15-37)18-22-10-11-27-28(16-22)42-21-41-27/h2-11,16-17,19H,12-15,18,20-21H2,1H3. The first-order chi connectivity index (χ1) is 21.6. The molecule has 224 valence electrons. The van der Waals surface area contributed by atoms with Crippen LogP contribution in [0.15, 0.2) is 83.3 Å². The molecule has 0 unspecified atom stereocenters. The zero-order chi connectivity index (χ0) is 29.9. The highest BCUT2D eigenvalue weighted by Gasteiger charge is 2.25. The van der Waals surface area contributed by atoms with Crippen molar-refractivity contribution in [3.63, 3.8) is 0 Å². The Morgan fingerprint density at radius 1 is 0.955 bits per heavy atom. The molecule has 2 aromatic heterocycles. The molecular formula is C32H30N6O4S2. The Kier molecular flexibility index (Phi) is 8.18. The van der Waals surface area contributed by atoms with E-state index in [0.717, 1.165) is 64.1 Å². The molecular weight excluding hydrogens is 597 g/mol. The van der Waals surface area contributed by atoms with Crippen LogP contribution in [-0.2, 0) is 12.3 Å². The van der Waals surface area contributed by atoms with Gasteiger partial charge < -0.3 is 19.1 Å². The van der Waals surface area contributed by atoms with Crippen molar-refractivity contribution in [2.45, 2.75) is 17.5 Å². The summed E-state index contributed by atoms with van der Waals surface area (Å²) < 4.78 is 18.4. The van der Waals surface area contributed by atoms with E-state index >= 15 is 0 Å². The number of piperazine rings is 1. The lowest BCUT2D eigenvalue weighted by molar-refractivity contribution is 0.0623. The minimum Gasteiger partial charge on any atom is -0.497 e. The van der Waals surface area contributed by atoms with E-state index in [4.69, 9.17) is 19.2 Å². The number of amides is 1. The van der Waals surface area contributed by atoms with Gasteiger partial charge in [-0.05, 0) is 42.0 Å². The number of hydrogen-bond donors (Lipinski definition) is 0. The Morgan fingerprint density at radius 3 is 2.64 bits per heavy atom. The summed E-state index contributed by atoms with van der Waals surface area (Å²) in [4.78, 5) is 22.3. The Labute approximate surface area is 263 Å². The van der Waals surface area contributed by atoms with Gasteiger partial charge in [-0.15, -0.1) is 21.5 Å². The van der Waals surface area contributed by atoms with Crippen molar-refractivity contribution >= 4 is 29.0 Å². The minimum atomic E-state index is -0.0204. The molecule has 0 saturated carbocycles. The summed E-state index contributed by atoms with van der Waals surface area (Å²) >= 11 is 3.04. The molecule has 4 heterocycles. The summed E-state index contributed by atoms with van der Waals surface area (Å²) in [5.74, 6) is 3.63. The van der Waals surface area contributed by atoms with E-state index in [1.807, 2.05) is 81.6 Å². The monoisotopic (exact) mass is 626 g/mol. The van der Waals surface area contributed by atoms with Gasteiger partial charge in [0.15, 0.2) is 22.5 Å². The van der Waals surface area contributed by atoms with Crippen LogP contribution in [0.2, 0.25) is 0 Å². The fourth-order valence-electron chi connectivity index (χ4n) is 5.29. The molecule has 1 amide bonds. The number of nitrogens with zero attached hydrogens (tertiary/aromatic N) is 6. The average molecular weight is 627 g/mol. The average Bonchev–Trinajstić information content (AvgIpc) is 3.84. The number of benzene rings is 3. The van der Waals surface area contributed by atoms with Crippen LogP contribution in [0.5, 0.6) is 17.2 Å². The lowest BCUT2D eigenvalue weighted by Crippen LogP contribution is -2.48. The van der Waals surface area contributed by atoms with Gasteiger partial charge in [0.05, 0.1) is 12.9 Å². The van der Waals surface area contributed by atoms with Crippen LogP contribution in [0, 0.1) is 0 Å². The Morgan fingerprint density at radius 2 is 1.80 bits per heavy atom. The molecule has 3 aromatic carbocycles. The van der Waals surface area contributed by atoms with Gasteiger partial charge in [-0.3, -0.25) is 14.3 Å². The predicted molar refractivity (Wildman–Crippen MR) is 169 cm³/mol. The third-order valence-corrected chi connectivity index (χ3v) is 9.55. The molecule has 0 bridgehead atoms. The molecule has 7 rings (SSSR count). The van der Waals surface area contributed by atoms with Gasteiger partial charge >= 0.3 is 0 Å². The lowest BCUT2D eigenvalue weighted by atomic mass is 10.1. The first-order valence-corrected chi connectivity index (χ1v) is 16.1. The number of carbonyl (C=O) groups is 1.